The predicted molar refractivity (Wildman–Crippen MR) is 109 cm³/mol. The van der Waals surface area contributed by atoms with Gasteiger partial charge in [-0.1, -0.05) is 43.6 Å². The molecule has 0 amide bonds. The average molecular weight is 435 g/mol. The van der Waals surface area contributed by atoms with E-state index in [2.05, 4.69) is 19.7 Å². The highest BCUT2D eigenvalue weighted by Crippen LogP contribution is 2.38. The van der Waals surface area contributed by atoms with Gasteiger partial charge in [-0.2, -0.15) is 8.42 Å². The molecular weight excluding hydrogens is 416 g/mol. The normalized spacial score (nSPS) is 11.3. The molecule has 2 heterocycles. The average Bonchev–Trinajstić information content (AvgIpc) is 2.70. The smallest absolute Gasteiger partial charge is 0.280 e. The number of para-hydroxylation sites is 2. The van der Waals surface area contributed by atoms with E-state index in [4.69, 9.17) is 21.1 Å². The summed E-state index contributed by atoms with van der Waals surface area (Å²) < 4.78 is 38.9. The zero-order valence-corrected chi connectivity index (χ0v) is 17.5. The minimum atomic E-state index is -4.02. The molecule has 10 heteroatoms. The molecule has 29 heavy (non-hydrogen) atoms. The highest BCUT2D eigenvalue weighted by molar-refractivity contribution is 7.92. The summed E-state index contributed by atoms with van der Waals surface area (Å²) in [6.45, 7) is 3.99. The third-order valence-corrected chi connectivity index (χ3v) is 5.50. The zero-order chi connectivity index (χ0) is 21.0. The van der Waals surface area contributed by atoms with Crippen molar-refractivity contribution in [3.05, 3.63) is 59.6 Å². The molecule has 0 unspecified atom stereocenters. The van der Waals surface area contributed by atoms with Gasteiger partial charge in [-0.25, -0.2) is 15.0 Å². The van der Waals surface area contributed by atoms with Crippen LogP contribution in [0.1, 0.15) is 25.3 Å². The Morgan fingerprint density at radius 3 is 2.38 bits per heavy atom. The van der Waals surface area contributed by atoms with Gasteiger partial charge in [0.05, 0.1) is 7.11 Å². The molecule has 0 spiro atoms. The van der Waals surface area contributed by atoms with E-state index >= 15 is 0 Å². The Kier molecular flexibility index (Phi) is 6.19. The number of aromatic nitrogens is 3. The summed E-state index contributed by atoms with van der Waals surface area (Å²) in [6.07, 6.45) is 2.66. The summed E-state index contributed by atoms with van der Waals surface area (Å²) in [5.74, 6) is 0.819. The number of sulfonamides is 1. The standard InChI is InChI=1S/C19H19ClN4O4S/c1-12(2)13-8-9-16(21-10-13)29(25,26)24-19-17(18(20)22-11-23-19)28-15-7-5-4-6-14(15)27-3/h4-12H,1-3H3,(H,22,23,24). The van der Waals surface area contributed by atoms with Crippen LogP contribution in [0.5, 0.6) is 17.2 Å². The summed E-state index contributed by atoms with van der Waals surface area (Å²) in [6, 6.07) is 9.99. The first kappa shape index (κ1) is 20.8. The third kappa shape index (κ3) is 4.75. The number of nitrogens with one attached hydrogen (secondary N) is 1. The fourth-order valence-corrected chi connectivity index (χ4v) is 3.52. The van der Waals surface area contributed by atoms with Crippen LogP contribution in [0.3, 0.4) is 0 Å². The topological polar surface area (TPSA) is 103 Å². The highest BCUT2D eigenvalue weighted by atomic mass is 35.5. The van der Waals surface area contributed by atoms with E-state index in [-0.39, 0.29) is 27.7 Å². The van der Waals surface area contributed by atoms with Crippen molar-refractivity contribution in [2.45, 2.75) is 24.8 Å². The lowest BCUT2D eigenvalue weighted by Gasteiger charge is -2.14. The minimum Gasteiger partial charge on any atom is -0.493 e. The van der Waals surface area contributed by atoms with E-state index < -0.39 is 10.0 Å². The van der Waals surface area contributed by atoms with Crippen molar-refractivity contribution in [1.82, 2.24) is 15.0 Å². The Labute approximate surface area is 174 Å². The molecule has 8 nitrogen and oxygen atoms in total. The lowest BCUT2D eigenvalue weighted by Crippen LogP contribution is -2.16. The number of rotatable bonds is 7. The Bertz CT molecular complexity index is 1110. The van der Waals surface area contributed by atoms with Gasteiger partial charge in [0.15, 0.2) is 27.5 Å². The van der Waals surface area contributed by atoms with Gasteiger partial charge < -0.3 is 9.47 Å². The van der Waals surface area contributed by atoms with Crippen LogP contribution in [0, 0.1) is 0 Å². The van der Waals surface area contributed by atoms with Crippen molar-refractivity contribution in [3.8, 4) is 17.2 Å². The molecule has 0 atom stereocenters. The van der Waals surface area contributed by atoms with E-state index in [1.165, 1.54) is 19.4 Å². The summed E-state index contributed by atoms with van der Waals surface area (Å²) in [5.41, 5.74) is 0.925. The molecule has 0 radical (unpaired) electrons. The number of methoxy groups -OCH3 is 1. The number of halogens is 1. The molecule has 3 aromatic rings. The van der Waals surface area contributed by atoms with Crippen LogP contribution in [0.2, 0.25) is 5.15 Å². The molecular formula is C19H19ClN4O4S. The number of ether oxygens (including phenoxy) is 2. The molecule has 152 valence electrons. The van der Waals surface area contributed by atoms with Gasteiger partial charge in [0, 0.05) is 6.20 Å². The first-order chi connectivity index (χ1) is 13.8. The van der Waals surface area contributed by atoms with Crippen LogP contribution < -0.4 is 14.2 Å². The number of nitrogens with zero attached hydrogens (tertiary/aromatic N) is 3. The quantitative estimate of drug-likeness (QED) is 0.554. The Balaban J connectivity index is 1.94. The van der Waals surface area contributed by atoms with Crippen molar-refractivity contribution in [2.24, 2.45) is 0 Å². The molecule has 0 aliphatic carbocycles. The van der Waals surface area contributed by atoms with Crippen LogP contribution in [-0.4, -0.2) is 30.5 Å². The Morgan fingerprint density at radius 1 is 1.03 bits per heavy atom. The van der Waals surface area contributed by atoms with Crippen LogP contribution in [-0.2, 0) is 10.0 Å². The number of benzene rings is 1. The first-order valence-electron chi connectivity index (χ1n) is 8.62. The van der Waals surface area contributed by atoms with Gasteiger partial charge in [0.25, 0.3) is 10.0 Å². The number of pyridine rings is 1. The van der Waals surface area contributed by atoms with Crippen molar-refractivity contribution in [2.75, 3.05) is 11.8 Å². The van der Waals surface area contributed by atoms with E-state index in [0.29, 0.717) is 11.5 Å². The molecule has 3 rings (SSSR count). The van der Waals surface area contributed by atoms with E-state index in [1.807, 2.05) is 13.8 Å². The first-order valence-corrected chi connectivity index (χ1v) is 10.5. The fraction of sp³-hybridized carbons (Fsp3) is 0.211. The zero-order valence-electron chi connectivity index (χ0n) is 16.0. The second kappa shape index (κ2) is 8.62. The third-order valence-electron chi connectivity index (χ3n) is 3.97. The van der Waals surface area contributed by atoms with Crippen molar-refractivity contribution in [3.63, 3.8) is 0 Å². The predicted octanol–water partition coefficient (Wildman–Crippen LogP) is 4.25. The van der Waals surface area contributed by atoms with Crippen molar-refractivity contribution >= 4 is 27.4 Å². The lowest BCUT2D eigenvalue weighted by molar-refractivity contribution is 0.378. The SMILES string of the molecule is COc1ccccc1Oc1c(Cl)ncnc1NS(=O)(=O)c1ccc(C(C)C)cn1. The molecule has 0 aliphatic heterocycles. The van der Waals surface area contributed by atoms with Gasteiger partial charge in [0.1, 0.15) is 6.33 Å². The second-order valence-corrected chi connectivity index (χ2v) is 8.27. The van der Waals surface area contributed by atoms with E-state index in [1.54, 1.807) is 30.3 Å². The number of hydrogen-bond donors (Lipinski definition) is 1. The largest absolute Gasteiger partial charge is 0.493 e. The molecule has 0 saturated carbocycles. The molecule has 0 fully saturated rings. The van der Waals surface area contributed by atoms with Crippen molar-refractivity contribution in [1.29, 1.82) is 0 Å². The Hall–Kier alpha value is -2.91. The Morgan fingerprint density at radius 2 is 1.76 bits per heavy atom. The maximum absolute atomic E-state index is 12.8. The minimum absolute atomic E-state index is 0.0546. The van der Waals surface area contributed by atoms with Crippen LogP contribution in [0.4, 0.5) is 5.82 Å². The highest BCUT2D eigenvalue weighted by Gasteiger charge is 2.22. The molecule has 0 saturated heterocycles. The van der Waals surface area contributed by atoms with Crippen LogP contribution in [0.15, 0.2) is 53.9 Å². The van der Waals surface area contributed by atoms with Gasteiger partial charge >= 0.3 is 0 Å². The molecule has 1 N–H and O–H groups in total. The molecule has 1 aromatic carbocycles. The van der Waals surface area contributed by atoms with Crippen LogP contribution >= 0.6 is 11.6 Å². The van der Waals surface area contributed by atoms with Gasteiger partial charge in [-0.05, 0) is 29.7 Å². The summed E-state index contributed by atoms with van der Waals surface area (Å²) in [4.78, 5) is 11.9. The second-order valence-electron chi connectivity index (χ2n) is 6.29. The maximum atomic E-state index is 12.8. The summed E-state index contributed by atoms with van der Waals surface area (Å²) in [5, 5.41) is -0.216. The monoisotopic (exact) mass is 434 g/mol. The molecule has 2 aromatic heterocycles. The molecule has 0 bridgehead atoms. The van der Waals surface area contributed by atoms with Crippen LogP contribution in [0.25, 0.3) is 0 Å². The summed E-state index contributed by atoms with van der Waals surface area (Å²) in [7, 11) is -2.54. The maximum Gasteiger partial charge on any atom is 0.280 e. The summed E-state index contributed by atoms with van der Waals surface area (Å²) >= 11 is 6.14. The van der Waals surface area contributed by atoms with Gasteiger partial charge in [-0.15, -0.1) is 0 Å². The number of anilines is 1. The molecule has 0 aliphatic rings. The number of hydrogen-bond acceptors (Lipinski definition) is 7. The van der Waals surface area contributed by atoms with E-state index in [9.17, 15) is 8.42 Å². The van der Waals surface area contributed by atoms with Gasteiger partial charge in [0.2, 0.25) is 5.75 Å². The fourth-order valence-electron chi connectivity index (χ4n) is 2.40. The van der Waals surface area contributed by atoms with E-state index in [0.717, 1.165) is 11.9 Å². The van der Waals surface area contributed by atoms with Gasteiger partial charge in [-0.3, -0.25) is 4.72 Å². The van der Waals surface area contributed by atoms with Crippen molar-refractivity contribution < 1.29 is 17.9 Å². The lowest BCUT2D eigenvalue weighted by atomic mass is 10.1.